The molecule has 1 amide bonds. The van der Waals surface area contributed by atoms with Crippen LogP contribution < -0.4 is 9.62 Å². The van der Waals surface area contributed by atoms with Crippen LogP contribution >= 0.6 is 23.4 Å². The second kappa shape index (κ2) is 9.93. The van der Waals surface area contributed by atoms with Gasteiger partial charge in [0.25, 0.3) is 10.0 Å². The van der Waals surface area contributed by atoms with Crippen molar-refractivity contribution in [3.63, 3.8) is 0 Å². The Morgan fingerprint density at radius 1 is 1.06 bits per heavy atom. The molecule has 1 N–H and O–H groups in total. The van der Waals surface area contributed by atoms with Gasteiger partial charge in [0, 0.05) is 16.3 Å². The lowest BCUT2D eigenvalue weighted by Crippen LogP contribution is -2.34. The topological polar surface area (TPSA) is 92.3 Å². The van der Waals surface area contributed by atoms with E-state index in [4.69, 9.17) is 11.6 Å². The highest BCUT2D eigenvalue weighted by atomic mass is 35.5. The molecule has 0 saturated carbocycles. The maximum Gasteiger partial charge on any atom is 0.268 e. The predicted octanol–water partition coefficient (Wildman–Crippen LogP) is 5.55. The fraction of sp³-hybridized carbons (Fsp3) is 0.115. The fourth-order valence-corrected chi connectivity index (χ4v) is 6.27. The zero-order valence-corrected chi connectivity index (χ0v) is 21.6. The van der Waals surface area contributed by atoms with Crippen molar-refractivity contribution in [3.8, 4) is 11.3 Å². The van der Waals surface area contributed by atoms with Crippen LogP contribution in [0.4, 0.5) is 11.4 Å². The zero-order valence-electron chi connectivity index (χ0n) is 19.2. The van der Waals surface area contributed by atoms with Gasteiger partial charge in [-0.25, -0.2) is 18.4 Å². The standard InChI is InChI=1S/C26H21ClN4O3S2/c1-17-6-5-9-20(12-17)29-24(32)16-35-26-28-14-23-25(30-26)21-11-10-19(27)13-22(21)31(36(23,33)34)15-18-7-3-2-4-8-18/h2-14H,15-16H2,1H3,(H,29,32). The molecular weight excluding hydrogens is 516 g/mol. The fourth-order valence-electron chi connectivity index (χ4n) is 3.93. The maximum atomic E-state index is 13.6. The van der Waals surface area contributed by atoms with E-state index in [-0.39, 0.29) is 23.1 Å². The zero-order chi connectivity index (χ0) is 25.3. The minimum atomic E-state index is -3.94. The van der Waals surface area contributed by atoms with Gasteiger partial charge in [0.2, 0.25) is 5.91 Å². The van der Waals surface area contributed by atoms with Gasteiger partial charge in [-0.05, 0) is 48.4 Å². The SMILES string of the molecule is Cc1cccc(NC(=O)CSc2ncc3c(n2)-c2ccc(Cl)cc2N(Cc2ccccc2)S3(=O)=O)c1. The van der Waals surface area contributed by atoms with E-state index in [9.17, 15) is 13.2 Å². The molecule has 1 aliphatic rings. The van der Waals surface area contributed by atoms with Gasteiger partial charge in [-0.1, -0.05) is 65.8 Å². The van der Waals surface area contributed by atoms with Gasteiger partial charge < -0.3 is 5.32 Å². The number of hydrogen-bond acceptors (Lipinski definition) is 6. The number of carbonyl (C=O) groups is 1. The van der Waals surface area contributed by atoms with E-state index in [1.54, 1.807) is 18.2 Å². The summed E-state index contributed by atoms with van der Waals surface area (Å²) in [7, 11) is -3.94. The molecule has 0 saturated heterocycles. The number of carbonyl (C=O) groups excluding carboxylic acids is 1. The number of anilines is 2. The number of amides is 1. The molecule has 7 nitrogen and oxygen atoms in total. The van der Waals surface area contributed by atoms with Crippen LogP contribution in [0.5, 0.6) is 0 Å². The average Bonchev–Trinajstić information content (AvgIpc) is 2.86. The molecule has 10 heteroatoms. The van der Waals surface area contributed by atoms with Crippen LogP contribution in [0.25, 0.3) is 11.3 Å². The van der Waals surface area contributed by atoms with Crippen LogP contribution in [-0.2, 0) is 21.4 Å². The van der Waals surface area contributed by atoms with Crippen molar-refractivity contribution in [1.29, 1.82) is 0 Å². The molecule has 0 bridgehead atoms. The van der Waals surface area contributed by atoms with Crippen LogP contribution in [-0.4, -0.2) is 30.0 Å². The summed E-state index contributed by atoms with van der Waals surface area (Å²) in [5.74, 6) is -0.131. The van der Waals surface area contributed by atoms with Gasteiger partial charge in [-0.3, -0.25) is 9.10 Å². The predicted molar refractivity (Wildman–Crippen MR) is 143 cm³/mol. The van der Waals surface area contributed by atoms with Crippen molar-refractivity contribution in [3.05, 3.63) is 95.1 Å². The van der Waals surface area contributed by atoms with Crippen molar-refractivity contribution in [2.45, 2.75) is 23.5 Å². The summed E-state index contributed by atoms with van der Waals surface area (Å²) in [6.45, 7) is 2.09. The van der Waals surface area contributed by atoms with E-state index in [0.29, 0.717) is 32.8 Å². The summed E-state index contributed by atoms with van der Waals surface area (Å²) in [4.78, 5) is 21.2. The Kier molecular flexibility index (Phi) is 6.70. The molecule has 0 fully saturated rings. The van der Waals surface area contributed by atoms with E-state index < -0.39 is 10.0 Å². The molecule has 0 radical (unpaired) electrons. The monoisotopic (exact) mass is 536 g/mol. The van der Waals surface area contributed by atoms with E-state index in [1.165, 1.54) is 10.5 Å². The highest BCUT2D eigenvalue weighted by Gasteiger charge is 2.37. The third-order valence-electron chi connectivity index (χ3n) is 5.59. The van der Waals surface area contributed by atoms with E-state index in [0.717, 1.165) is 22.9 Å². The molecule has 4 aromatic rings. The maximum absolute atomic E-state index is 13.6. The van der Waals surface area contributed by atoms with Crippen molar-refractivity contribution in [2.75, 3.05) is 15.4 Å². The summed E-state index contributed by atoms with van der Waals surface area (Å²) >= 11 is 7.39. The lowest BCUT2D eigenvalue weighted by Gasteiger charge is -2.31. The quantitative estimate of drug-likeness (QED) is 0.257. The Morgan fingerprint density at radius 3 is 2.64 bits per heavy atom. The first-order valence-corrected chi connectivity index (χ1v) is 13.8. The van der Waals surface area contributed by atoms with E-state index >= 15 is 0 Å². The second-order valence-electron chi connectivity index (χ2n) is 8.23. The first kappa shape index (κ1) is 24.3. The van der Waals surface area contributed by atoms with Crippen LogP contribution in [0, 0.1) is 6.92 Å². The van der Waals surface area contributed by atoms with Crippen LogP contribution in [0.1, 0.15) is 11.1 Å². The number of nitrogens with zero attached hydrogens (tertiary/aromatic N) is 3. The molecule has 36 heavy (non-hydrogen) atoms. The number of aryl methyl sites for hydroxylation is 1. The number of rotatable bonds is 6. The van der Waals surface area contributed by atoms with Crippen molar-refractivity contribution < 1.29 is 13.2 Å². The number of nitrogens with one attached hydrogen (secondary N) is 1. The number of fused-ring (bicyclic) bond motifs is 3. The average molecular weight is 537 g/mol. The van der Waals surface area contributed by atoms with E-state index in [1.807, 2.05) is 61.5 Å². The highest BCUT2D eigenvalue weighted by Crippen LogP contribution is 2.44. The van der Waals surface area contributed by atoms with Crippen LogP contribution in [0.15, 0.2) is 89.0 Å². The molecule has 1 aromatic heterocycles. The van der Waals surface area contributed by atoms with Gasteiger partial charge >= 0.3 is 0 Å². The number of aromatic nitrogens is 2. The molecule has 182 valence electrons. The lowest BCUT2D eigenvalue weighted by atomic mass is 10.1. The molecule has 1 aliphatic heterocycles. The van der Waals surface area contributed by atoms with Crippen LogP contribution in [0.2, 0.25) is 5.02 Å². The normalized spacial score (nSPS) is 13.6. The van der Waals surface area contributed by atoms with E-state index in [2.05, 4.69) is 15.3 Å². The third kappa shape index (κ3) is 4.95. The number of benzene rings is 3. The summed E-state index contributed by atoms with van der Waals surface area (Å²) in [5.41, 5.74) is 3.96. The van der Waals surface area contributed by atoms with Gasteiger partial charge in [0.15, 0.2) is 5.16 Å². The minimum absolute atomic E-state index is 0.0156. The lowest BCUT2D eigenvalue weighted by molar-refractivity contribution is -0.113. The summed E-state index contributed by atoms with van der Waals surface area (Å²) in [6.07, 6.45) is 1.31. The Bertz CT molecular complexity index is 1560. The van der Waals surface area contributed by atoms with Crippen molar-refractivity contribution in [2.24, 2.45) is 0 Å². The molecule has 0 aliphatic carbocycles. The van der Waals surface area contributed by atoms with Gasteiger partial charge in [-0.15, -0.1) is 0 Å². The second-order valence-corrected chi connectivity index (χ2v) is 11.4. The number of sulfonamides is 1. The third-order valence-corrected chi connectivity index (χ3v) is 8.45. The largest absolute Gasteiger partial charge is 0.325 e. The van der Waals surface area contributed by atoms with Gasteiger partial charge in [0.05, 0.1) is 29.9 Å². The molecule has 0 spiro atoms. The Balaban J connectivity index is 1.44. The van der Waals surface area contributed by atoms with Crippen molar-refractivity contribution in [1.82, 2.24) is 9.97 Å². The Hall–Kier alpha value is -3.40. The Morgan fingerprint density at radius 2 is 1.86 bits per heavy atom. The molecular formula is C26H21ClN4O3S2. The van der Waals surface area contributed by atoms with Gasteiger partial charge in [0.1, 0.15) is 4.90 Å². The first-order valence-electron chi connectivity index (χ1n) is 11.0. The number of thioether (sulfide) groups is 1. The number of halogens is 1. The van der Waals surface area contributed by atoms with Crippen LogP contribution in [0.3, 0.4) is 0 Å². The molecule has 2 heterocycles. The Labute approximate surface area is 218 Å². The molecule has 5 rings (SSSR count). The summed E-state index contributed by atoms with van der Waals surface area (Å²) in [5, 5.41) is 3.57. The summed E-state index contributed by atoms with van der Waals surface area (Å²) < 4.78 is 28.6. The summed E-state index contributed by atoms with van der Waals surface area (Å²) in [6, 6.07) is 21.9. The molecule has 0 atom stereocenters. The smallest absolute Gasteiger partial charge is 0.268 e. The van der Waals surface area contributed by atoms with Crippen molar-refractivity contribution >= 4 is 50.7 Å². The molecule has 0 unspecified atom stereocenters. The first-order chi connectivity index (χ1) is 17.3. The molecule has 3 aromatic carbocycles. The van der Waals surface area contributed by atoms with Gasteiger partial charge in [-0.2, -0.15) is 0 Å². The highest BCUT2D eigenvalue weighted by molar-refractivity contribution is 7.99. The number of hydrogen-bond donors (Lipinski definition) is 1. The minimum Gasteiger partial charge on any atom is -0.325 e.